The van der Waals surface area contributed by atoms with Crippen LogP contribution in [0.5, 0.6) is 0 Å². The Labute approximate surface area is 178 Å². The number of carbonyl (C=O) groups excluding carboxylic acids is 1. The van der Waals surface area contributed by atoms with Gasteiger partial charge in [-0.3, -0.25) is 9.78 Å². The minimum absolute atomic E-state index is 0.108. The van der Waals surface area contributed by atoms with Crippen molar-refractivity contribution in [3.63, 3.8) is 0 Å². The summed E-state index contributed by atoms with van der Waals surface area (Å²) in [6, 6.07) is 6.14. The molecule has 1 aliphatic rings. The molecule has 4 rings (SSSR count). The molecule has 8 nitrogen and oxygen atoms in total. The summed E-state index contributed by atoms with van der Waals surface area (Å²) in [5.41, 5.74) is 3.27. The maximum absolute atomic E-state index is 12.7. The predicted molar refractivity (Wildman–Crippen MR) is 113 cm³/mol. The van der Waals surface area contributed by atoms with Gasteiger partial charge in [-0.15, -0.1) is 10.2 Å². The Morgan fingerprint density at radius 1 is 1.30 bits per heavy atom. The molecule has 3 heterocycles. The van der Waals surface area contributed by atoms with Gasteiger partial charge in [0.1, 0.15) is 11.9 Å². The van der Waals surface area contributed by atoms with Gasteiger partial charge in [-0.1, -0.05) is 24.6 Å². The van der Waals surface area contributed by atoms with Gasteiger partial charge in [0.2, 0.25) is 11.8 Å². The maximum Gasteiger partial charge on any atom is 0.277 e. The van der Waals surface area contributed by atoms with Crippen LogP contribution in [0.3, 0.4) is 0 Å². The molecule has 0 aliphatic heterocycles. The Morgan fingerprint density at radius 2 is 2.03 bits per heavy atom. The minimum Gasteiger partial charge on any atom is -0.411 e. The second kappa shape index (κ2) is 8.71. The summed E-state index contributed by atoms with van der Waals surface area (Å²) >= 11 is 1.17. The lowest BCUT2D eigenvalue weighted by Gasteiger charge is -2.19. The van der Waals surface area contributed by atoms with E-state index in [9.17, 15) is 10.1 Å². The van der Waals surface area contributed by atoms with Gasteiger partial charge in [-0.25, -0.2) is 0 Å². The highest BCUT2D eigenvalue weighted by molar-refractivity contribution is 7.99. The smallest absolute Gasteiger partial charge is 0.277 e. The lowest BCUT2D eigenvalue weighted by Crippen LogP contribution is -2.19. The van der Waals surface area contributed by atoms with Crippen molar-refractivity contribution >= 4 is 23.5 Å². The van der Waals surface area contributed by atoms with Gasteiger partial charge in [0.15, 0.2) is 0 Å². The standard InChI is InChI=1S/C21H22N6O2S/c1-13-14(2)27(16-5-3-4-6-16)19(17(13)11-22)24-18(28)12-30-21-26-25-20(29-21)15-7-9-23-10-8-15/h7-10,16H,3-6,12H2,1-2H3,(H,24,28). The Morgan fingerprint density at radius 3 is 2.73 bits per heavy atom. The van der Waals surface area contributed by atoms with Crippen LogP contribution in [0.1, 0.15) is 48.5 Å². The lowest BCUT2D eigenvalue weighted by atomic mass is 10.2. The van der Waals surface area contributed by atoms with E-state index in [0.717, 1.165) is 29.7 Å². The van der Waals surface area contributed by atoms with Crippen LogP contribution in [0.25, 0.3) is 11.5 Å². The molecule has 0 saturated heterocycles. The molecular weight excluding hydrogens is 400 g/mol. The van der Waals surface area contributed by atoms with Gasteiger partial charge >= 0.3 is 0 Å². The fourth-order valence-electron chi connectivity index (χ4n) is 3.88. The lowest BCUT2D eigenvalue weighted by molar-refractivity contribution is -0.113. The van der Waals surface area contributed by atoms with E-state index in [4.69, 9.17) is 4.42 Å². The number of amides is 1. The molecule has 1 N–H and O–H groups in total. The zero-order chi connectivity index (χ0) is 21.1. The number of thioether (sulfide) groups is 1. The van der Waals surface area contributed by atoms with Crippen molar-refractivity contribution < 1.29 is 9.21 Å². The number of hydrogen-bond donors (Lipinski definition) is 1. The number of anilines is 1. The van der Waals surface area contributed by atoms with Crippen molar-refractivity contribution in [3.05, 3.63) is 41.3 Å². The van der Waals surface area contributed by atoms with E-state index in [1.807, 2.05) is 13.8 Å². The van der Waals surface area contributed by atoms with Gasteiger partial charge < -0.3 is 14.3 Å². The average molecular weight is 423 g/mol. The molecule has 0 aromatic carbocycles. The van der Waals surface area contributed by atoms with Crippen LogP contribution < -0.4 is 5.32 Å². The van der Waals surface area contributed by atoms with E-state index in [-0.39, 0.29) is 11.7 Å². The highest BCUT2D eigenvalue weighted by atomic mass is 32.2. The van der Waals surface area contributed by atoms with Crippen molar-refractivity contribution in [3.8, 4) is 17.5 Å². The molecule has 1 aliphatic carbocycles. The molecule has 3 aromatic rings. The van der Waals surface area contributed by atoms with Crippen LogP contribution >= 0.6 is 11.8 Å². The molecule has 0 radical (unpaired) electrons. The number of nitrogens with one attached hydrogen (secondary N) is 1. The largest absolute Gasteiger partial charge is 0.411 e. The second-order valence-electron chi connectivity index (χ2n) is 7.30. The molecular formula is C21H22N6O2S. The first-order valence-electron chi connectivity index (χ1n) is 9.86. The molecule has 0 unspecified atom stereocenters. The number of carbonyl (C=O) groups is 1. The maximum atomic E-state index is 12.7. The quantitative estimate of drug-likeness (QED) is 0.591. The van der Waals surface area contributed by atoms with Gasteiger partial charge in [0.05, 0.1) is 11.3 Å². The van der Waals surface area contributed by atoms with Crippen molar-refractivity contribution in [2.45, 2.75) is 50.8 Å². The molecule has 1 saturated carbocycles. The van der Waals surface area contributed by atoms with Crippen LogP contribution in [0.2, 0.25) is 0 Å². The Bertz CT molecular complexity index is 1090. The van der Waals surface area contributed by atoms with E-state index in [1.54, 1.807) is 24.5 Å². The average Bonchev–Trinajstić information content (AvgIpc) is 3.49. The van der Waals surface area contributed by atoms with Gasteiger partial charge in [-0.05, 0) is 44.4 Å². The van der Waals surface area contributed by atoms with Crippen LogP contribution in [-0.2, 0) is 4.79 Å². The number of nitriles is 1. The molecule has 0 spiro atoms. The van der Waals surface area contributed by atoms with Crippen LogP contribution in [0.15, 0.2) is 34.2 Å². The molecule has 154 valence electrons. The Kier molecular flexibility index (Phi) is 5.86. The summed E-state index contributed by atoms with van der Waals surface area (Å²) in [6.07, 6.45) is 7.77. The predicted octanol–water partition coefficient (Wildman–Crippen LogP) is 4.27. The van der Waals surface area contributed by atoms with Crippen LogP contribution in [0.4, 0.5) is 5.82 Å². The first-order valence-corrected chi connectivity index (χ1v) is 10.8. The third-order valence-electron chi connectivity index (χ3n) is 5.48. The molecule has 1 fully saturated rings. The fraction of sp³-hybridized carbons (Fsp3) is 0.381. The van der Waals surface area contributed by atoms with E-state index >= 15 is 0 Å². The summed E-state index contributed by atoms with van der Waals surface area (Å²) in [4.78, 5) is 16.6. The van der Waals surface area contributed by atoms with E-state index in [2.05, 4.69) is 31.1 Å². The summed E-state index contributed by atoms with van der Waals surface area (Å²) in [5.74, 6) is 0.884. The SMILES string of the molecule is Cc1c(C#N)c(NC(=O)CSc2nnc(-c3ccncc3)o2)n(C2CCCC2)c1C. The van der Waals surface area contributed by atoms with Crippen molar-refractivity contribution in [2.75, 3.05) is 11.1 Å². The van der Waals surface area contributed by atoms with E-state index in [1.165, 1.54) is 24.6 Å². The number of nitrogens with zero attached hydrogens (tertiary/aromatic N) is 5. The molecule has 1 amide bonds. The zero-order valence-corrected chi connectivity index (χ0v) is 17.7. The summed E-state index contributed by atoms with van der Waals surface area (Å²) in [5, 5.41) is 20.9. The minimum atomic E-state index is -0.211. The van der Waals surface area contributed by atoms with Crippen molar-refractivity contribution in [2.24, 2.45) is 0 Å². The number of aromatic nitrogens is 4. The summed E-state index contributed by atoms with van der Waals surface area (Å²) < 4.78 is 7.76. The second-order valence-corrected chi connectivity index (χ2v) is 8.23. The first-order chi connectivity index (χ1) is 14.6. The molecule has 0 atom stereocenters. The fourth-order valence-corrected chi connectivity index (χ4v) is 4.44. The van der Waals surface area contributed by atoms with E-state index in [0.29, 0.717) is 28.5 Å². The van der Waals surface area contributed by atoms with Gasteiger partial charge in [0.25, 0.3) is 5.22 Å². The summed E-state index contributed by atoms with van der Waals surface area (Å²) in [6.45, 7) is 3.95. The molecule has 30 heavy (non-hydrogen) atoms. The topological polar surface area (TPSA) is 110 Å². The third kappa shape index (κ3) is 3.96. The van der Waals surface area contributed by atoms with Crippen LogP contribution in [-0.4, -0.2) is 31.4 Å². The van der Waals surface area contributed by atoms with Crippen molar-refractivity contribution in [1.29, 1.82) is 5.26 Å². The summed E-state index contributed by atoms with van der Waals surface area (Å²) in [7, 11) is 0. The monoisotopic (exact) mass is 422 g/mol. The molecule has 3 aromatic heterocycles. The third-order valence-corrected chi connectivity index (χ3v) is 6.30. The number of pyridine rings is 1. The van der Waals surface area contributed by atoms with Crippen molar-refractivity contribution in [1.82, 2.24) is 19.7 Å². The number of hydrogen-bond acceptors (Lipinski definition) is 7. The highest BCUT2D eigenvalue weighted by Gasteiger charge is 2.26. The molecule has 0 bridgehead atoms. The Balaban J connectivity index is 1.46. The van der Waals surface area contributed by atoms with E-state index < -0.39 is 0 Å². The zero-order valence-electron chi connectivity index (χ0n) is 16.9. The van der Waals surface area contributed by atoms with Crippen LogP contribution in [0, 0.1) is 25.2 Å². The highest BCUT2D eigenvalue weighted by Crippen LogP contribution is 2.37. The van der Waals surface area contributed by atoms with Gasteiger partial charge in [0, 0.05) is 29.7 Å². The molecule has 9 heteroatoms. The van der Waals surface area contributed by atoms with Gasteiger partial charge in [-0.2, -0.15) is 5.26 Å². The first kappa shape index (κ1) is 20.2. The normalized spacial score (nSPS) is 14.0. The Hall–Kier alpha value is -3.12. The number of rotatable bonds is 6.